The van der Waals surface area contributed by atoms with E-state index in [0.717, 1.165) is 12.8 Å². The van der Waals surface area contributed by atoms with Crippen molar-refractivity contribution in [2.75, 3.05) is 20.3 Å². The second-order valence-electron chi connectivity index (χ2n) is 3.46. The number of sulfonamides is 1. The average Bonchev–Trinajstić information content (AvgIpc) is 2.65. The van der Waals surface area contributed by atoms with Crippen LogP contribution in [-0.2, 0) is 14.8 Å². The van der Waals surface area contributed by atoms with Crippen molar-refractivity contribution < 1.29 is 13.2 Å². The van der Waals surface area contributed by atoms with Gasteiger partial charge in [-0.15, -0.1) is 0 Å². The molecule has 1 rings (SSSR count). The van der Waals surface area contributed by atoms with E-state index in [0.29, 0.717) is 18.8 Å². The number of hydrogen-bond acceptors (Lipinski definition) is 4. The number of rotatable bonds is 7. The molecule has 92 valence electrons. The van der Waals surface area contributed by atoms with Crippen LogP contribution in [0.15, 0.2) is 11.1 Å². The smallest absolute Gasteiger partial charge is 0.243 e. The summed E-state index contributed by atoms with van der Waals surface area (Å²) in [5, 5.41) is 6.28. The first-order valence-corrected chi connectivity index (χ1v) is 6.55. The molecule has 1 aromatic heterocycles. The number of ether oxygens (including phenoxy) is 1. The molecule has 0 unspecified atom stereocenters. The van der Waals surface area contributed by atoms with Crippen molar-refractivity contribution >= 4 is 10.0 Å². The summed E-state index contributed by atoms with van der Waals surface area (Å²) < 4.78 is 30.9. The second-order valence-corrected chi connectivity index (χ2v) is 5.19. The van der Waals surface area contributed by atoms with Gasteiger partial charge < -0.3 is 4.74 Å². The molecule has 0 amide bonds. The van der Waals surface area contributed by atoms with Crippen LogP contribution in [0, 0.1) is 6.92 Å². The molecule has 0 aliphatic carbocycles. The van der Waals surface area contributed by atoms with Gasteiger partial charge in [-0.1, -0.05) is 0 Å². The number of unbranched alkanes of at least 4 members (excludes halogenated alkanes) is 1. The highest BCUT2D eigenvalue weighted by Gasteiger charge is 2.17. The summed E-state index contributed by atoms with van der Waals surface area (Å²) in [5.41, 5.74) is 0.546. The van der Waals surface area contributed by atoms with Gasteiger partial charge in [-0.05, 0) is 19.8 Å². The van der Waals surface area contributed by atoms with Crippen molar-refractivity contribution in [1.29, 1.82) is 0 Å². The van der Waals surface area contributed by atoms with Crippen molar-refractivity contribution in [2.45, 2.75) is 24.7 Å². The highest BCUT2D eigenvalue weighted by Crippen LogP contribution is 2.10. The monoisotopic (exact) mass is 247 g/mol. The lowest BCUT2D eigenvalue weighted by molar-refractivity contribution is 0.193. The molecule has 7 heteroatoms. The van der Waals surface area contributed by atoms with Crippen LogP contribution in [-0.4, -0.2) is 38.9 Å². The van der Waals surface area contributed by atoms with Crippen LogP contribution >= 0.6 is 0 Å². The lowest BCUT2D eigenvalue weighted by Crippen LogP contribution is -2.25. The number of aromatic amines is 1. The van der Waals surface area contributed by atoms with Gasteiger partial charge in [0.2, 0.25) is 10.0 Å². The highest BCUT2D eigenvalue weighted by atomic mass is 32.2. The molecule has 0 saturated carbocycles. The Kier molecular flexibility index (Phi) is 4.91. The van der Waals surface area contributed by atoms with Gasteiger partial charge >= 0.3 is 0 Å². The lowest BCUT2D eigenvalue weighted by Gasteiger charge is -2.05. The van der Waals surface area contributed by atoms with Crippen molar-refractivity contribution in [1.82, 2.24) is 14.9 Å². The molecule has 0 aromatic carbocycles. The zero-order valence-electron chi connectivity index (χ0n) is 9.49. The maximum atomic E-state index is 11.7. The van der Waals surface area contributed by atoms with Gasteiger partial charge in [0.05, 0.1) is 11.9 Å². The van der Waals surface area contributed by atoms with E-state index in [4.69, 9.17) is 4.74 Å². The first kappa shape index (κ1) is 13.1. The van der Waals surface area contributed by atoms with Gasteiger partial charge in [0, 0.05) is 20.3 Å². The Morgan fingerprint density at radius 1 is 1.50 bits per heavy atom. The summed E-state index contributed by atoms with van der Waals surface area (Å²) in [6.07, 6.45) is 2.90. The molecule has 1 heterocycles. The fourth-order valence-corrected chi connectivity index (χ4v) is 2.48. The van der Waals surface area contributed by atoms with Crippen LogP contribution in [0.5, 0.6) is 0 Å². The number of aromatic nitrogens is 2. The van der Waals surface area contributed by atoms with Crippen molar-refractivity contribution in [2.24, 2.45) is 0 Å². The summed E-state index contributed by atoms with van der Waals surface area (Å²) in [6, 6.07) is 0. The van der Waals surface area contributed by atoms with Crippen LogP contribution < -0.4 is 4.72 Å². The Morgan fingerprint density at radius 3 is 2.81 bits per heavy atom. The van der Waals surface area contributed by atoms with Crippen molar-refractivity contribution in [3.8, 4) is 0 Å². The quantitative estimate of drug-likeness (QED) is 0.684. The summed E-state index contributed by atoms with van der Waals surface area (Å²) in [6.45, 7) is 2.73. The van der Waals surface area contributed by atoms with Gasteiger partial charge in [-0.3, -0.25) is 5.10 Å². The number of nitrogens with zero attached hydrogens (tertiary/aromatic N) is 1. The summed E-state index contributed by atoms with van der Waals surface area (Å²) in [7, 11) is -1.80. The van der Waals surface area contributed by atoms with E-state index in [1.807, 2.05) is 0 Å². The van der Waals surface area contributed by atoms with E-state index < -0.39 is 10.0 Å². The molecule has 0 atom stereocenters. The van der Waals surface area contributed by atoms with Crippen LogP contribution in [0.4, 0.5) is 0 Å². The molecule has 0 bridgehead atoms. The molecule has 16 heavy (non-hydrogen) atoms. The van der Waals surface area contributed by atoms with E-state index in [2.05, 4.69) is 14.9 Å². The molecule has 0 aliphatic heterocycles. The van der Waals surface area contributed by atoms with E-state index in [1.165, 1.54) is 6.20 Å². The topological polar surface area (TPSA) is 84.1 Å². The Labute approximate surface area is 95.4 Å². The number of nitrogens with one attached hydrogen (secondary N) is 2. The minimum Gasteiger partial charge on any atom is -0.385 e. The van der Waals surface area contributed by atoms with Crippen LogP contribution in [0.2, 0.25) is 0 Å². The molecule has 0 radical (unpaired) electrons. The fraction of sp³-hybridized carbons (Fsp3) is 0.667. The van der Waals surface area contributed by atoms with Crippen molar-refractivity contribution in [3.05, 3.63) is 11.9 Å². The fourth-order valence-electron chi connectivity index (χ4n) is 1.27. The molecule has 0 saturated heterocycles. The Hall–Kier alpha value is -0.920. The summed E-state index contributed by atoms with van der Waals surface area (Å²) in [4.78, 5) is 0.208. The predicted octanol–water partition coefficient (Wildman–Crippen LogP) is 0.423. The zero-order chi connectivity index (χ0) is 12.0. The summed E-state index contributed by atoms with van der Waals surface area (Å²) in [5.74, 6) is 0. The third kappa shape index (κ3) is 3.58. The molecule has 1 aromatic rings. The molecule has 6 nitrogen and oxygen atoms in total. The Balaban J connectivity index is 2.45. The molecule has 2 N–H and O–H groups in total. The maximum absolute atomic E-state index is 11.7. The van der Waals surface area contributed by atoms with E-state index in [1.54, 1.807) is 14.0 Å². The SMILES string of the molecule is COCCCCNS(=O)(=O)c1cn[nH]c1C. The van der Waals surface area contributed by atoms with Gasteiger partial charge in [-0.25, -0.2) is 13.1 Å². The number of methoxy groups -OCH3 is 1. The molecule has 0 aliphatic rings. The van der Waals surface area contributed by atoms with Crippen LogP contribution in [0.25, 0.3) is 0 Å². The van der Waals surface area contributed by atoms with E-state index in [-0.39, 0.29) is 4.90 Å². The lowest BCUT2D eigenvalue weighted by atomic mass is 10.3. The minimum absolute atomic E-state index is 0.208. The minimum atomic E-state index is -3.42. The average molecular weight is 247 g/mol. The first-order valence-electron chi connectivity index (χ1n) is 5.06. The van der Waals surface area contributed by atoms with Gasteiger partial charge in [0.25, 0.3) is 0 Å². The third-order valence-corrected chi connectivity index (χ3v) is 3.72. The van der Waals surface area contributed by atoms with Gasteiger partial charge in [-0.2, -0.15) is 5.10 Å². The zero-order valence-corrected chi connectivity index (χ0v) is 10.3. The van der Waals surface area contributed by atoms with Crippen LogP contribution in [0.3, 0.4) is 0 Å². The van der Waals surface area contributed by atoms with Crippen molar-refractivity contribution in [3.63, 3.8) is 0 Å². The van der Waals surface area contributed by atoms with E-state index >= 15 is 0 Å². The third-order valence-electron chi connectivity index (χ3n) is 2.14. The maximum Gasteiger partial charge on any atom is 0.243 e. The molecular formula is C9H17N3O3S. The highest BCUT2D eigenvalue weighted by molar-refractivity contribution is 7.89. The molecular weight excluding hydrogens is 230 g/mol. The number of H-pyrrole nitrogens is 1. The number of hydrogen-bond donors (Lipinski definition) is 2. The molecule has 0 fully saturated rings. The normalized spacial score (nSPS) is 11.9. The molecule has 0 spiro atoms. The predicted molar refractivity (Wildman–Crippen MR) is 59.6 cm³/mol. The second kappa shape index (κ2) is 5.97. The summed E-state index contributed by atoms with van der Waals surface area (Å²) >= 11 is 0. The standard InChI is InChI=1S/C9H17N3O3S/c1-8-9(7-10-12-8)16(13,14)11-5-3-4-6-15-2/h7,11H,3-6H2,1-2H3,(H,10,12). The Morgan fingerprint density at radius 2 is 2.25 bits per heavy atom. The van der Waals surface area contributed by atoms with E-state index in [9.17, 15) is 8.42 Å². The largest absolute Gasteiger partial charge is 0.385 e. The Bertz CT molecular complexity index is 413. The van der Waals surface area contributed by atoms with Gasteiger partial charge in [0.1, 0.15) is 4.90 Å². The van der Waals surface area contributed by atoms with Gasteiger partial charge in [0.15, 0.2) is 0 Å². The van der Waals surface area contributed by atoms with Crippen LogP contribution in [0.1, 0.15) is 18.5 Å². The number of aryl methyl sites for hydroxylation is 1. The first-order chi connectivity index (χ1) is 7.58.